The van der Waals surface area contributed by atoms with Gasteiger partial charge < -0.3 is 15.8 Å². The van der Waals surface area contributed by atoms with E-state index in [-0.39, 0.29) is 5.82 Å². The van der Waals surface area contributed by atoms with Gasteiger partial charge in [0.2, 0.25) is 0 Å². The molecule has 1 heterocycles. The van der Waals surface area contributed by atoms with E-state index in [0.717, 1.165) is 5.56 Å². The zero-order valence-corrected chi connectivity index (χ0v) is 6.43. The van der Waals surface area contributed by atoms with E-state index in [1.165, 1.54) is 12.3 Å². The molecule has 5 nitrogen and oxygen atoms in total. The highest BCUT2D eigenvalue weighted by molar-refractivity contribution is 5.22. The van der Waals surface area contributed by atoms with Crippen LogP contribution in [-0.4, -0.2) is 16.5 Å². The molecule has 0 saturated heterocycles. The average Bonchev–Trinajstić information content (AvgIpc) is 2.06. The zero-order chi connectivity index (χ0) is 8.97. The maximum Gasteiger partial charge on any atom is 0.363 e. The van der Waals surface area contributed by atoms with E-state index in [9.17, 15) is 10.1 Å². The van der Waals surface area contributed by atoms with Crippen LogP contribution in [-0.2, 0) is 6.42 Å². The Morgan fingerprint density at radius 2 is 2.33 bits per heavy atom. The SMILES string of the molecule is NCCc1ccc([N+](=O)[O-])nc1. The monoisotopic (exact) mass is 167 g/mol. The second-order valence-electron chi connectivity index (χ2n) is 2.32. The lowest BCUT2D eigenvalue weighted by atomic mass is 10.2. The molecule has 0 aliphatic heterocycles. The van der Waals surface area contributed by atoms with Crippen molar-refractivity contribution in [2.45, 2.75) is 6.42 Å². The molecule has 0 atom stereocenters. The summed E-state index contributed by atoms with van der Waals surface area (Å²) in [5.41, 5.74) is 6.22. The molecule has 0 radical (unpaired) electrons. The summed E-state index contributed by atoms with van der Waals surface area (Å²) in [4.78, 5) is 13.3. The summed E-state index contributed by atoms with van der Waals surface area (Å²) in [6, 6.07) is 3.04. The highest BCUT2D eigenvalue weighted by Gasteiger charge is 2.04. The first-order valence-electron chi connectivity index (χ1n) is 3.53. The van der Waals surface area contributed by atoms with Crippen LogP contribution in [0.5, 0.6) is 0 Å². The topological polar surface area (TPSA) is 82.0 Å². The lowest BCUT2D eigenvalue weighted by molar-refractivity contribution is -0.389. The van der Waals surface area contributed by atoms with Crippen molar-refractivity contribution in [3.8, 4) is 0 Å². The molecule has 12 heavy (non-hydrogen) atoms. The minimum Gasteiger partial charge on any atom is -0.358 e. The summed E-state index contributed by atoms with van der Waals surface area (Å²) < 4.78 is 0. The van der Waals surface area contributed by atoms with E-state index in [2.05, 4.69) is 4.98 Å². The molecule has 1 rings (SSSR count). The first-order chi connectivity index (χ1) is 5.74. The molecular weight excluding hydrogens is 158 g/mol. The van der Waals surface area contributed by atoms with Crippen LogP contribution in [0, 0.1) is 10.1 Å². The Labute approximate surface area is 69.4 Å². The Morgan fingerprint density at radius 3 is 2.75 bits per heavy atom. The highest BCUT2D eigenvalue weighted by atomic mass is 16.6. The van der Waals surface area contributed by atoms with Gasteiger partial charge in [-0.3, -0.25) is 0 Å². The van der Waals surface area contributed by atoms with Crippen LogP contribution in [0.3, 0.4) is 0 Å². The molecule has 5 heteroatoms. The van der Waals surface area contributed by atoms with Gasteiger partial charge in [-0.25, -0.2) is 0 Å². The van der Waals surface area contributed by atoms with Gasteiger partial charge in [-0.2, -0.15) is 0 Å². The Morgan fingerprint density at radius 1 is 1.58 bits per heavy atom. The molecule has 0 bridgehead atoms. The van der Waals surface area contributed by atoms with Gasteiger partial charge in [0.05, 0.1) is 0 Å². The Hall–Kier alpha value is -1.49. The second-order valence-corrected chi connectivity index (χ2v) is 2.32. The summed E-state index contributed by atoms with van der Waals surface area (Å²) in [6.45, 7) is 0.527. The third kappa shape index (κ3) is 2.00. The van der Waals surface area contributed by atoms with Gasteiger partial charge >= 0.3 is 5.82 Å². The quantitative estimate of drug-likeness (QED) is 0.524. The molecule has 0 aliphatic carbocycles. The van der Waals surface area contributed by atoms with Crippen LogP contribution >= 0.6 is 0 Å². The number of rotatable bonds is 3. The van der Waals surface area contributed by atoms with Gasteiger partial charge in [0.15, 0.2) is 0 Å². The number of aromatic nitrogens is 1. The Bertz CT molecular complexity index is 270. The van der Waals surface area contributed by atoms with Crippen LogP contribution < -0.4 is 5.73 Å². The summed E-state index contributed by atoms with van der Waals surface area (Å²) in [5, 5.41) is 10.2. The van der Waals surface area contributed by atoms with Crippen molar-refractivity contribution in [1.82, 2.24) is 4.98 Å². The normalized spacial score (nSPS) is 9.75. The third-order valence-corrected chi connectivity index (χ3v) is 1.43. The van der Waals surface area contributed by atoms with Crippen LogP contribution in [0.4, 0.5) is 5.82 Å². The van der Waals surface area contributed by atoms with Gasteiger partial charge in [0.25, 0.3) is 0 Å². The van der Waals surface area contributed by atoms with Crippen molar-refractivity contribution in [3.05, 3.63) is 34.0 Å². The van der Waals surface area contributed by atoms with Crippen LogP contribution in [0.25, 0.3) is 0 Å². The maximum absolute atomic E-state index is 10.2. The molecule has 1 aromatic rings. The number of nitro groups is 1. The fraction of sp³-hybridized carbons (Fsp3) is 0.286. The van der Waals surface area contributed by atoms with E-state index in [1.54, 1.807) is 6.07 Å². The molecule has 0 spiro atoms. The summed E-state index contributed by atoms with van der Waals surface area (Å²) in [7, 11) is 0. The fourth-order valence-corrected chi connectivity index (χ4v) is 0.839. The van der Waals surface area contributed by atoms with Gasteiger partial charge in [-0.15, -0.1) is 0 Å². The number of hydrogen-bond acceptors (Lipinski definition) is 4. The molecule has 0 fully saturated rings. The maximum atomic E-state index is 10.2. The van der Waals surface area contributed by atoms with Crippen molar-refractivity contribution in [1.29, 1.82) is 0 Å². The molecule has 2 N–H and O–H groups in total. The molecule has 0 saturated carbocycles. The van der Waals surface area contributed by atoms with E-state index >= 15 is 0 Å². The smallest absolute Gasteiger partial charge is 0.358 e. The van der Waals surface area contributed by atoms with Gasteiger partial charge in [0, 0.05) is 6.07 Å². The average molecular weight is 167 g/mol. The standard InChI is InChI=1S/C7H9N3O2/c8-4-3-6-1-2-7(9-5-6)10(11)12/h1-2,5H,3-4,8H2. The second kappa shape index (κ2) is 3.77. The lowest BCUT2D eigenvalue weighted by Gasteiger charge is -1.94. The van der Waals surface area contributed by atoms with Crippen molar-refractivity contribution < 1.29 is 4.92 Å². The van der Waals surface area contributed by atoms with Crippen LogP contribution in [0.1, 0.15) is 5.56 Å². The fourth-order valence-electron chi connectivity index (χ4n) is 0.839. The third-order valence-electron chi connectivity index (χ3n) is 1.43. The van der Waals surface area contributed by atoms with E-state index in [1.807, 2.05) is 0 Å². The van der Waals surface area contributed by atoms with Gasteiger partial charge in [-0.05, 0) is 34.5 Å². The predicted octanol–water partition coefficient (Wildman–Crippen LogP) is 0.491. The minimum absolute atomic E-state index is 0.129. The highest BCUT2D eigenvalue weighted by Crippen LogP contribution is 2.06. The number of nitrogens with zero attached hydrogens (tertiary/aromatic N) is 2. The van der Waals surface area contributed by atoms with Crippen molar-refractivity contribution in [3.63, 3.8) is 0 Å². The van der Waals surface area contributed by atoms with Gasteiger partial charge in [0.1, 0.15) is 6.20 Å². The number of nitrogens with two attached hydrogens (primary N) is 1. The first kappa shape index (κ1) is 8.61. The molecule has 0 aliphatic rings. The first-order valence-corrected chi connectivity index (χ1v) is 3.53. The lowest BCUT2D eigenvalue weighted by Crippen LogP contribution is -2.03. The number of pyridine rings is 1. The van der Waals surface area contributed by atoms with Crippen molar-refractivity contribution >= 4 is 5.82 Å². The molecule has 0 unspecified atom stereocenters. The van der Waals surface area contributed by atoms with E-state index < -0.39 is 4.92 Å². The van der Waals surface area contributed by atoms with Crippen molar-refractivity contribution in [2.75, 3.05) is 6.54 Å². The molecule has 0 aromatic carbocycles. The molecule has 0 amide bonds. The van der Waals surface area contributed by atoms with E-state index in [0.29, 0.717) is 13.0 Å². The largest absolute Gasteiger partial charge is 0.363 e. The Kier molecular flexibility index (Phi) is 2.71. The summed E-state index contributed by atoms with van der Waals surface area (Å²) >= 11 is 0. The van der Waals surface area contributed by atoms with Gasteiger partial charge in [-0.1, -0.05) is 0 Å². The molecular formula is C7H9N3O2. The molecule has 1 aromatic heterocycles. The van der Waals surface area contributed by atoms with E-state index in [4.69, 9.17) is 5.73 Å². The minimum atomic E-state index is -0.522. The van der Waals surface area contributed by atoms with Crippen LogP contribution in [0.15, 0.2) is 18.3 Å². The summed E-state index contributed by atoms with van der Waals surface area (Å²) in [6.07, 6.45) is 2.18. The predicted molar refractivity (Wildman–Crippen MR) is 43.6 cm³/mol. The Balaban J connectivity index is 2.78. The molecule has 64 valence electrons. The number of hydrogen-bond donors (Lipinski definition) is 1. The summed E-state index contributed by atoms with van der Waals surface area (Å²) in [5.74, 6) is -0.129. The van der Waals surface area contributed by atoms with Crippen LogP contribution in [0.2, 0.25) is 0 Å². The zero-order valence-electron chi connectivity index (χ0n) is 6.43. The van der Waals surface area contributed by atoms with Crippen molar-refractivity contribution in [2.24, 2.45) is 5.73 Å².